The summed E-state index contributed by atoms with van der Waals surface area (Å²) in [5.41, 5.74) is 2.40. The Balaban J connectivity index is 2.36. The molecule has 0 saturated heterocycles. The van der Waals surface area contributed by atoms with Gasteiger partial charge in [0, 0.05) is 12.7 Å². The Hall–Kier alpha value is -1.82. The Morgan fingerprint density at radius 3 is 3.12 bits per heavy atom. The maximum absolute atomic E-state index is 11.4. The molecule has 0 radical (unpaired) electrons. The molecule has 17 heavy (non-hydrogen) atoms. The summed E-state index contributed by atoms with van der Waals surface area (Å²) in [4.78, 5) is 15.3. The number of aromatic nitrogens is 1. The predicted molar refractivity (Wildman–Crippen MR) is 65.5 cm³/mol. The molecule has 0 aliphatic rings. The topological polar surface area (TPSA) is 89.3 Å². The van der Waals surface area contributed by atoms with Gasteiger partial charge in [-0.3, -0.25) is 4.79 Å². The summed E-state index contributed by atoms with van der Waals surface area (Å²) in [6.07, 6.45) is 3.60. The molecule has 0 aromatic carbocycles. The number of nitrogens with two attached hydrogens (primary N) is 1. The Morgan fingerprint density at radius 1 is 1.59 bits per heavy atom. The van der Waals surface area contributed by atoms with E-state index in [-0.39, 0.29) is 12.5 Å². The van der Waals surface area contributed by atoms with Crippen molar-refractivity contribution in [1.29, 1.82) is 0 Å². The van der Waals surface area contributed by atoms with Crippen molar-refractivity contribution < 1.29 is 9.53 Å². The van der Waals surface area contributed by atoms with Crippen molar-refractivity contribution in [1.82, 2.24) is 10.3 Å². The van der Waals surface area contributed by atoms with Crippen LogP contribution in [0.3, 0.4) is 0 Å². The summed E-state index contributed by atoms with van der Waals surface area (Å²) >= 11 is 0. The number of ether oxygens (including phenoxy) is 1. The molecular weight excluding hydrogens is 220 g/mol. The lowest BCUT2D eigenvalue weighted by Gasteiger charge is -2.09. The fourth-order valence-corrected chi connectivity index (χ4v) is 1.21. The zero-order valence-electron chi connectivity index (χ0n) is 9.90. The second-order valence-corrected chi connectivity index (χ2v) is 3.49. The van der Waals surface area contributed by atoms with Crippen LogP contribution in [0.15, 0.2) is 18.3 Å². The van der Waals surface area contributed by atoms with Crippen LogP contribution < -0.4 is 21.3 Å². The average Bonchev–Trinajstić information content (AvgIpc) is 2.37. The molecule has 0 atom stereocenters. The van der Waals surface area contributed by atoms with Gasteiger partial charge in [-0.2, -0.15) is 0 Å². The molecule has 0 bridgehead atoms. The van der Waals surface area contributed by atoms with E-state index in [1.54, 1.807) is 18.3 Å². The van der Waals surface area contributed by atoms with Crippen LogP contribution in [0.5, 0.6) is 5.75 Å². The van der Waals surface area contributed by atoms with Gasteiger partial charge < -0.3 is 15.5 Å². The van der Waals surface area contributed by atoms with Gasteiger partial charge in [0.05, 0.1) is 0 Å². The standard InChI is InChI=1S/C11H18N4O2/c1-2-3-6-13-10(16)8-17-9-5-4-7-14-11(9)15-12/h4-5,7H,2-3,6,8,12H2,1H3,(H,13,16)(H,14,15). The van der Waals surface area contributed by atoms with Crippen molar-refractivity contribution in [2.45, 2.75) is 19.8 Å². The van der Waals surface area contributed by atoms with E-state index < -0.39 is 0 Å². The van der Waals surface area contributed by atoms with Crippen LogP contribution in [0.1, 0.15) is 19.8 Å². The fraction of sp³-hybridized carbons (Fsp3) is 0.455. The molecule has 0 unspecified atom stereocenters. The smallest absolute Gasteiger partial charge is 0.257 e. The summed E-state index contributed by atoms with van der Waals surface area (Å²) in [7, 11) is 0. The van der Waals surface area contributed by atoms with Crippen molar-refractivity contribution in [3.05, 3.63) is 18.3 Å². The molecule has 0 aliphatic carbocycles. The average molecular weight is 238 g/mol. The molecule has 4 N–H and O–H groups in total. The first-order valence-electron chi connectivity index (χ1n) is 5.59. The van der Waals surface area contributed by atoms with Gasteiger partial charge in [0.2, 0.25) is 0 Å². The summed E-state index contributed by atoms with van der Waals surface area (Å²) in [6, 6.07) is 3.41. The van der Waals surface area contributed by atoms with Crippen molar-refractivity contribution in [3.63, 3.8) is 0 Å². The van der Waals surface area contributed by atoms with Crippen LogP contribution in [0.4, 0.5) is 5.82 Å². The SMILES string of the molecule is CCCCNC(=O)COc1cccnc1NN. The Labute approximate surface area is 101 Å². The van der Waals surface area contributed by atoms with E-state index in [9.17, 15) is 4.79 Å². The molecule has 1 rings (SSSR count). The third kappa shape index (κ3) is 4.69. The number of hydrazine groups is 1. The van der Waals surface area contributed by atoms with E-state index in [2.05, 4.69) is 22.7 Å². The molecule has 1 aromatic heterocycles. The quantitative estimate of drug-likeness (QED) is 0.369. The highest BCUT2D eigenvalue weighted by Crippen LogP contribution is 2.18. The minimum Gasteiger partial charge on any atom is -0.480 e. The number of rotatable bonds is 7. The summed E-state index contributed by atoms with van der Waals surface area (Å²) in [5, 5.41) is 2.76. The minimum absolute atomic E-state index is 0.0376. The molecule has 94 valence electrons. The van der Waals surface area contributed by atoms with Crippen LogP contribution in [0.2, 0.25) is 0 Å². The van der Waals surface area contributed by atoms with Gasteiger partial charge in [-0.05, 0) is 18.6 Å². The second kappa shape index (κ2) is 7.45. The highest BCUT2D eigenvalue weighted by Gasteiger charge is 2.05. The molecule has 0 saturated carbocycles. The number of nitrogen functional groups attached to an aromatic ring is 1. The number of hydrogen-bond donors (Lipinski definition) is 3. The highest BCUT2D eigenvalue weighted by atomic mass is 16.5. The van der Waals surface area contributed by atoms with E-state index in [1.165, 1.54) is 0 Å². The van der Waals surface area contributed by atoms with E-state index in [1.807, 2.05) is 0 Å². The number of nitrogens with one attached hydrogen (secondary N) is 2. The number of carbonyl (C=O) groups is 1. The first-order chi connectivity index (χ1) is 8.27. The third-order valence-electron chi connectivity index (χ3n) is 2.12. The summed E-state index contributed by atoms with van der Waals surface area (Å²) < 4.78 is 5.30. The van der Waals surface area contributed by atoms with E-state index in [0.717, 1.165) is 12.8 Å². The van der Waals surface area contributed by atoms with Gasteiger partial charge in [0.1, 0.15) is 0 Å². The van der Waals surface area contributed by atoms with Crippen molar-refractivity contribution >= 4 is 11.7 Å². The van der Waals surface area contributed by atoms with Gasteiger partial charge in [-0.25, -0.2) is 10.8 Å². The zero-order chi connectivity index (χ0) is 12.5. The first-order valence-corrected chi connectivity index (χ1v) is 5.59. The normalized spacial score (nSPS) is 9.76. The molecule has 6 heteroatoms. The number of hydrogen-bond acceptors (Lipinski definition) is 5. The van der Waals surface area contributed by atoms with E-state index in [0.29, 0.717) is 18.1 Å². The zero-order valence-corrected chi connectivity index (χ0v) is 9.90. The largest absolute Gasteiger partial charge is 0.480 e. The second-order valence-electron chi connectivity index (χ2n) is 3.49. The number of carbonyl (C=O) groups excluding carboxylic acids is 1. The monoisotopic (exact) mass is 238 g/mol. The van der Waals surface area contributed by atoms with Gasteiger partial charge in [-0.15, -0.1) is 0 Å². The number of amides is 1. The predicted octanol–water partition coefficient (Wildman–Crippen LogP) is 0.662. The van der Waals surface area contributed by atoms with Crippen molar-refractivity contribution in [2.24, 2.45) is 5.84 Å². The lowest BCUT2D eigenvalue weighted by Crippen LogP contribution is -2.29. The Bertz CT molecular complexity index is 357. The summed E-state index contributed by atoms with van der Waals surface area (Å²) in [5.74, 6) is 5.98. The number of anilines is 1. The van der Waals surface area contributed by atoms with Crippen molar-refractivity contribution in [2.75, 3.05) is 18.6 Å². The Morgan fingerprint density at radius 2 is 2.41 bits per heavy atom. The van der Waals surface area contributed by atoms with Crippen LogP contribution >= 0.6 is 0 Å². The van der Waals surface area contributed by atoms with Gasteiger partial charge in [0.15, 0.2) is 18.2 Å². The lowest BCUT2D eigenvalue weighted by atomic mass is 10.3. The molecule has 1 heterocycles. The maximum Gasteiger partial charge on any atom is 0.257 e. The third-order valence-corrected chi connectivity index (χ3v) is 2.12. The van der Waals surface area contributed by atoms with Crippen LogP contribution in [0.25, 0.3) is 0 Å². The Kier molecular flexibility index (Phi) is 5.81. The minimum atomic E-state index is -0.148. The van der Waals surface area contributed by atoms with Crippen molar-refractivity contribution in [3.8, 4) is 5.75 Å². The first kappa shape index (κ1) is 13.2. The molecule has 0 fully saturated rings. The number of unbranched alkanes of at least 4 members (excludes halogenated alkanes) is 1. The van der Waals surface area contributed by atoms with Crippen LogP contribution in [-0.4, -0.2) is 24.0 Å². The molecule has 0 aliphatic heterocycles. The highest BCUT2D eigenvalue weighted by molar-refractivity contribution is 5.77. The van der Waals surface area contributed by atoms with Crippen LogP contribution in [-0.2, 0) is 4.79 Å². The lowest BCUT2D eigenvalue weighted by molar-refractivity contribution is -0.123. The van der Waals surface area contributed by atoms with E-state index in [4.69, 9.17) is 10.6 Å². The number of pyridine rings is 1. The maximum atomic E-state index is 11.4. The molecule has 1 aromatic rings. The molecular formula is C11H18N4O2. The van der Waals surface area contributed by atoms with E-state index >= 15 is 0 Å². The molecule has 1 amide bonds. The fourth-order valence-electron chi connectivity index (χ4n) is 1.21. The molecule has 0 spiro atoms. The van der Waals surface area contributed by atoms with Gasteiger partial charge in [-0.1, -0.05) is 13.3 Å². The van der Waals surface area contributed by atoms with Crippen LogP contribution in [0, 0.1) is 0 Å². The summed E-state index contributed by atoms with van der Waals surface area (Å²) in [6.45, 7) is 2.70. The molecule has 6 nitrogen and oxygen atoms in total. The number of nitrogens with zero attached hydrogens (tertiary/aromatic N) is 1. The van der Waals surface area contributed by atoms with Gasteiger partial charge in [0.25, 0.3) is 5.91 Å². The van der Waals surface area contributed by atoms with Gasteiger partial charge >= 0.3 is 0 Å².